The molecule has 106 valence electrons. The Balaban J connectivity index is 1.64. The van der Waals surface area contributed by atoms with Crippen molar-refractivity contribution in [1.82, 2.24) is 15.2 Å². The number of amides is 1. The summed E-state index contributed by atoms with van der Waals surface area (Å²) in [5.41, 5.74) is 7.22. The van der Waals surface area contributed by atoms with E-state index in [2.05, 4.69) is 15.2 Å². The number of anilines is 1. The molecule has 1 saturated heterocycles. The molecule has 1 aliphatic rings. The van der Waals surface area contributed by atoms with Gasteiger partial charge in [0, 0.05) is 19.3 Å². The van der Waals surface area contributed by atoms with Crippen LogP contribution in [0.4, 0.5) is 5.69 Å². The molecule has 0 atom stereocenters. The van der Waals surface area contributed by atoms with Gasteiger partial charge in [-0.3, -0.25) is 9.78 Å². The molecule has 2 aromatic heterocycles. The molecule has 6 heteroatoms. The lowest BCUT2D eigenvalue weighted by atomic mass is 10.3. The summed E-state index contributed by atoms with van der Waals surface area (Å²) >= 11 is 1.40. The number of fused-ring (bicyclic) bond motifs is 1. The van der Waals surface area contributed by atoms with Crippen molar-refractivity contribution in [3.63, 3.8) is 0 Å². The first-order valence-corrected chi connectivity index (χ1v) is 7.71. The molecule has 0 bridgehead atoms. The lowest BCUT2D eigenvalue weighted by molar-refractivity contribution is 0.0954. The predicted molar refractivity (Wildman–Crippen MR) is 82.0 cm³/mol. The van der Waals surface area contributed by atoms with Crippen LogP contribution in [-0.4, -0.2) is 42.0 Å². The quantitative estimate of drug-likeness (QED) is 0.899. The highest BCUT2D eigenvalue weighted by Crippen LogP contribution is 2.31. The number of nitrogens with one attached hydrogen (secondary N) is 1. The van der Waals surface area contributed by atoms with Gasteiger partial charge in [0.25, 0.3) is 5.91 Å². The number of thiophene rings is 1. The molecule has 1 fully saturated rings. The van der Waals surface area contributed by atoms with E-state index in [0.29, 0.717) is 17.1 Å². The molecule has 3 N–H and O–H groups in total. The van der Waals surface area contributed by atoms with Crippen molar-refractivity contribution < 1.29 is 4.79 Å². The van der Waals surface area contributed by atoms with Crippen molar-refractivity contribution in [2.75, 3.05) is 31.9 Å². The first kappa shape index (κ1) is 13.3. The van der Waals surface area contributed by atoms with E-state index in [-0.39, 0.29) is 5.91 Å². The first-order valence-electron chi connectivity index (χ1n) is 6.89. The van der Waals surface area contributed by atoms with Crippen LogP contribution in [0.2, 0.25) is 0 Å². The van der Waals surface area contributed by atoms with Crippen LogP contribution in [0.5, 0.6) is 0 Å². The van der Waals surface area contributed by atoms with E-state index in [1.54, 1.807) is 6.20 Å². The number of pyridine rings is 1. The molecule has 1 aliphatic heterocycles. The van der Waals surface area contributed by atoms with Gasteiger partial charge in [-0.15, -0.1) is 11.3 Å². The number of carbonyl (C=O) groups excluding carboxylic acids is 1. The van der Waals surface area contributed by atoms with E-state index < -0.39 is 0 Å². The number of rotatable bonds is 4. The van der Waals surface area contributed by atoms with Gasteiger partial charge in [-0.1, -0.05) is 0 Å². The van der Waals surface area contributed by atoms with Crippen LogP contribution in [0, 0.1) is 0 Å². The summed E-state index contributed by atoms with van der Waals surface area (Å²) in [7, 11) is 0. The van der Waals surface area contributed by atoms with Gasteiger partial charge < -0.3 is 16.0 Å². The number of nitrogens with zero attached hydrogens (tertiary/aromatic N) is 2. The highest BCUT2D eigenvalue weighted by molar-refractivity contribution is 7.21. The Morgan fingerprint density at radius 3 is 3.00 bits per heavy atom. The second kappa shape index (κ2) is 5.76. The molecule has 0 aromatic carbocycles. The largest absolute Gasteiger partial charge is 0.396 e. The zero-order valence-corrected chi connectivity index (χ0v) is 12.1. The number of hydrogen-bond donors (Lipinski definition) is 2. The molecule has 0 aliphatic carbocycles. The van der Waals surface area contributed by atoms with Crippen molar-refractivity contribution in [3.8, 4) is 0 Å². The smallest absolute Gasteiger partial charge is 0.263 e. The summed E-state index contributed by atoms with van der Waals surface area (Å²) in [6, 6.07) is 3.79. The van der Waals surface area contributed by atoms with Crippen LogP contribution >= 0.6 is 11.3 Å². The Labute approximate surface area is 121 Å². The van der Waals surface area contributed by atoms with Crippen molar-refractivity contribution in [3.05, 3.63) is 23.2 Å². The number of likely N-dealkylation sites (tertiary alicyclic amines) is 1. The Hall–Kier alpha value is -1.66. The lowest BCUT2D eigenvalue weighted by Gasteiger charge is -2.14. The Kier molecular flexibility index (Phi) is 3.84. The van der Waals surface area contributed by atoms with Gasteiger partial charge in [0.2, 0.25) is 0 Å². The average molecular weight is 290 g/mol. The van der Waals surface area contributed by atoms with Crippen molar-refractivity contribution in [2.45, 2.75) is 12.8 Å². The van der Waals surface area contributed by atoms with Crippen LogP contribution in [0.25, 0.3) is 10.2 Å². The van der Waals surface area contributed by atoms with Crippen LogP contribution in [0.15, 0.2) is 18.3 Å². The maximum absolute atomic E-state index is 12.2. The molecule has 3 heterocycles. The zero-order valence-electron chi connectivity index (χ0n) is 11.3. The minimum Gasteiger partial charge on any atom is -0.396 e. The zero-order chi connectivity index (χ0) is 13.9. The summed E-state index contributed by atoms with van der Waals surface area (Å²) in [4.78, 5) is 19.3. The van der Waals surface area contributed by atoms with Gasteiger partial charge in [0.15, 0.2) is 0 Å². The molecule has 0 unspecified atom stereocenters. The van der Waals surface area contributed by atoms with Crippen molar-refractivity contribution in [1.29, 1.82) is 0 Å². The summed E-state index contributed by atoms with van der Waals surface area (Å²) < 4.78 is 0.953. The first-order chi connectivity index (χ1) is 9.75. The Bertz CT molecular complexity index is 619. The van der Waals surface area contributed by atoms with Crippen LogP contribution in [-0.2, 0) is 0 Å². The third-order valence-corrected chi connectivity index (χ3v) is 4.76. The standard InChI is InChI=1S/C14H18N4OS/c15-11-12-10(4-3-5-16-12)20-13(11)14(19)17-6-9-18-7-1-2-8-18/h3-5H,1-2,6-9,15H2,(H,17,19). The lowest BCUT2D eigenvalue weighted by Crippen LogP contribution is -2.33. The van der Waals surface area contributed by atoms with Gasteiger partial charge in [-0.2, -0.15) is 0 Å². The molecule has 5 nitrogen and oxygen atoms in total. The summed E-state index contributed by atoms with van der Waals surface area (Å²) in [6.45, 7) is 3.87. The van der Waals surface area contributed by atoms with Gasteiger partial charge in [0.1, 0.15) is 10.4 Å². The molecular formula is C14H18N4OS. The average Bonchev–Trinajstić information content (AvgIpc) is 3.08. The number of hydrogen-bond acceptors (Lipinski definition) is 5. The summed E-state index contributed by atoms with van der Waals surface area (Å²) in [5, 5.41) is 2.95. The second-order valence-electron chi connectivity index (χ2n) is 5.00. The van der Waals surface area contributed by atoms with Crippen molar-refractivity contribution in [2.24, 2.45) is 0 Å². The SMILES string of the molecule is Nc1c(C(=O)NCCN2CCCC2)sc2cccnc12. The molecule has 0 spiro atoms. The van der Waals surface area contributed by atoms with E-state index >= 15 is 0 Å². The van der Waals surface area contributed by atoms with E-state index in [1.807, 2.05) is 12.1 Å². The molecule has 2 aromatic rings. The monoisotopic (exact) mass is 290 g/mol. The van der Waals surface area contributed by atoms with Crippen molar-refractivity contribution >= 4 is 33.1 Å². The molecule has 0 saturated carbocycles. The second-order valence-corrected chi connectivity index (χ2v) is 6.05. The predicted octanol–water partition coefficient (Wildman–Crippen LogP) is 1.70. The number of nitrogen functional groups attached to an aromatic ring is 1. The highest BCUT2D eigenvalue weighted by Gasteiger charge is 2.17. The van der Waals surface area contributed by atoms with E-state index in [0.717, 1.165) is 29.9 Å². The van der Waals surface area contributed by atoms with E-state index in [4.69, 9.17) is 5.73 Å². The highest BCUT2D eigenvalue weighted by atomic mass is 32.1. The minimum atomic E-state index is -0.0929. The Morgan fingerprint density at radius 2 is 2.25 bits per heavy atom. The summed E-state index contributed by atoms with van der Waals surface area (Å²) in [6.07, 6.45) is 4.23. The molecule has 20 heavy (non-hydrogen) atoms. The maximum atomic E-state index is 12.2. The normalized spacial score (nSPS) is 15.8. The number of carbonyl (C=O) groups is 1. The summed E-state index contributed by atoms with van der Waals surface area (Å²) in [5.74, 6) is -0.0929. The fourth-order valence-electron chi connectivity index (χ4n) is 2.53. The van der Waals surface area contributed by atoms with Crippen LogP contribution < -0.4 is 11.1 Å². The maximum Gasteiger partial charge on any atom is 0.263 e. The van der Waals surface area contributed by atoms with E-state index in [1.165, 1.54) is 24.2 Å². The Morgan fingerprint density at radius 1 is 1.45 bits per heavy atom. The third-order valence-electron chi connectivity index (χ3n) is 3.60. The van der Waals surface area contributed by atoms with Gasteiger partial charge >= 0.3 is 0 Å². The third kappa shape index (κ3) is 2.62. The fraction of sp³-hybridized carbons (Fsp3) is 0.429. The van der Waals surface area contributed by atoms with Gasteiger partial charge in [-0.25, -0.2) is 0 Å². The minimum absolute atomic E-state index is 0.0929. The fourth-order valence-corrected chi connectivity index (χ4v) is 3.53. The van der Waals surface area contributed by atoms with Crippen LogP contribution in [0.1, 0.15) is 22.5 Å². The van der Waals surface area contributed by atoms with E-state index in [9.17, 15) is 4.79 Å². The number of nitrogens with two attached hydrogens (primary N) is 1. The molecule has 1 amide bonds. The molecular weight excluding hydrogens is 272 g/mol. The van der Waals surface area contributed by atoms with Gasteiger partial charge in [0.05, 0.1) is 10.4 Å². The van der Waals surface area contributed by atoms with Crippen LogP contribution in [0.3, 0.4) is 0 Å². The number of aromatic nitrogens is 1. The topological polar surface area (TPSA) is 71.2 Å². The molecule has 0 radical (unpaired) electrons. The molecule has 3 rings (SSSR count). The van der Waals surface area contributed by atoms with Gasteiger partial charge in [-0.05, 0) is 38.1 Å².